The molecule has 8 heteroatoms. The van der Waals surface area contributed by atoms with E-state index in [1.54, 1.807) is 12.1 Å². The van der Waals surface area contributed by atoms with Crippen LogP contribution in [0, 0.1) is 6.92 Å². The summed E-state index contributed by atoms with van der Waals surface area (Å²) in [5.41, 5.74) is 0.867. The minimum absolute atomic E-state index is 0.0275. The number of carbonyl (C=O) groups excluding carboxylic acids is 3. The lowest BCUT2D eigenvalue weighted by Gasteiger charge is -2.32. The van der Waals surface area contributed by atoms with E-state index in [-0.39, 0.29) is 24.2 Å². The van der Waals surface area contributed by atoms with Crippen LogP contribution in [-0.2, 0) is 29.0 Å². The second-order valence-electron chi connectivity index (χ2n) is 6.69. The molecule has 1 aliphatic heterocycles. The number of carbonyl (C=O) groups is 3. The van der Waals surface area contributed by atoms with Crippen molar-refractivity contribution in [2.45, 2.75) is 48.8 Å². The number of imide groups is 1. The Balaban J connectivity index is 2.55. The summed E-state index contributed by atoms with van der Waals surface area (Å²) in [6, 6.07) is 4.98. The summed E-state index contributed by atoms with van der Waals surface area (Å²) in [6.45, 7) is 6.62. The lowest BCUT2D eigenvalue weighted by atomic mass is 10.0. The van der Waals surface area contributed by atoms with Crippen LogP contribution in [0.5, 0.6) is 0 Å². The zero-order chi connectivity index (χ0) is 20.4. The van der Waals surface area contributed by atoms with Crippen LogP contribution >= 0.6 is 0 Å². The van der Waals surface area contributed by atoms with Crippen LogP contribution < -0.4 is 0 Å². The van der Waals surface area contributed by atoms with Crippen LogP contribution in [-0.4, -0.2) is 49.0 Å². The fourth-order valence-electron chi connectivity index (χ4n) is 3.12. The normalized spacial score (nSPS) is 19.4. The molecule has 27 heavy (non-hydrogen) atoms. The zero-order valence-electron chi connectivity index (χ0n) is 15.6. The molecule has 0 saturated carbocycles. The lowest BCUT2D eigenvalue weighted by Crippen LogP contribution is -2.56. The van der Waals surface area contributed by atoms with Gasteiger partial charge in [-0.15, -0.1) is 6.58 Å². The number of rotatable bonds is 6. The molecule has 0 aliphatic carbocycles. The Morgan fingerprint density at radius 2 is 1.93 bits per heavy atom. The SMILES string of the molecule is C=CC[C@](C)(C(=O)N1C(=O)CCC1C(=O)OC)S(=O)(=O)c1ccc(C)cc1. The second-order valence-corrected chi connectivity index (χ2v) is 9.07. The molecule has 0 radical (unpaired) electrons. The highest BCUT2D eigenvalue weighted by atomic mass is 32.2. The molecule has 1 unspecified atom stereocenters. The summed E-state index contributed by atoms with van der Waals surface area (Å²) in [7, 11) is -3.01. The van der Waals surface area contributed by atoms with E-state index in [1.165, 1.54) is 25.1 Å². The fourth-order valence-corrected chi connectivity index (χ4v) is 4.80. The summed E-state index contributed by atoms with van der Waals surface area (Å²) in [5.74, 6) is -2.28. The summed E-state index contributed by atoms with van der Waals surface area (Å²) in [5, 5.41) is 0. The van der Waals surface area contributed by atoms with E-state index in [4.69, 9.17) is 0 Å². The van der Waals surface area contributed by atoms with E-state index in [0.717, 1.165) is 17.6 Å². The van der Waals surface area contributed by atoms with E-state index >= 15 is 0 Å². The molecular weight excluding hydrogens is 370 g/mol. The Morgan fingerprint density at radius 3 is 2.44 bits per heavy atom. The van der Waals surface area contributed by atoms with Gasteiger partial charge in [-0.3, -0.25) is 14.5 Å². The van der Waals surface area contributed by atoms with Gasteiger partial charge in [0.25, 0.3) is 5.91 Å². The molecule has 2 atom stereocenters. The molecular formula is C19H23NO6S. The number of likely N-dealkylation sites (tertiary alicyclic amines) is 1. The monoisotopic (exact) mass is 393 g/mol. The molecule has 0 N–H and O–H groups in total. The molecule has 2 amide bonds. The molecule has 0 aromatic heterocycles. The second kappa shape index (κ2) is 7.64. The van der Waals surface area contributed by atoms with Crippen LogP contribution in [0.15, 0.2) is 41.8 Å². The van der Waals surface area contributed by atoms with Gasteiger partial charge in [-0.25, -0.2) is 13.2 Å². The van der Waals surface area contributed by atoms with Gasteiger partial charge < -0.3 is 4.74 Å². The van der Waals surface area contributed by atoms with Gasteiger partial charge in [-0.1, -0.05) is 23.8 Å². The average Bonchev–Trinajstić information content (AvgIpc) is 3.02. The van der Waals surface area contributed by atoms with Crippen molar-refractivity contribution in [3.8, 4) is 0 Å². The number of esters is 1. The predicted octanol–water partition coefficient (Wildman–Crippen LogP) is 1.79. The minimum Gasteiger partial charge on any atom is -0.467 e. The van der Waals surface area contributed by atoms with Crippen molar-refractivity contribution in [3.05, 3.63) is 42.5 Å². The zero-order valence-corrected chi connectivity index (χ0v) is 16.4. The molecule has 1 fully saturated rings. The first kappa shape index (κ1) is 20.8. The molecule has 1 aliphatic rings. The first-order chi connectivity index (χ1) is 12.6. The van der Waals surface area contributed by atoms with Gasteiger partial charge in [-0.05, 0) is 38.8 Å². The van der Waals surface area contributed by atoms with Crippen molar-refractivity contribution < 1.29 is 27.5 Å². The lowest BCUT2D eigenvalue weighted by molar-refractivity contribution is -0.156. The summed E-state index contributed by atoms with van der Waals surface area (Å²) >= 11 is 0. The Labute approximate surface area is 158 Å². The Hall–Kier alpha value is -2.48. The first-order valence-corrected chi connectivity index (χ1v) is 9.95. The number of benzene rings is 1. The van der Waals surface area contributed by atoms with Crippen LogP contribution in [0.25, 0.3) is 0 Å². The highest BCUT2D eigenvalue weighted by molar-refractivity contribution is 7.93. The van der Waals surface area contributed by atoms with Gasteiger partial charge in [0.1, 0.15) is 6.04 Å². The van der Waals surface area contributed by atoms with Gasteiger partial charge in [0.15, 0.2) is 14.6 Å². The number of amides is 2. The van der Waals surface area contributed by atoms with Crippen LogP contribution in [0.4, 0.5) is 0 Å². The van der Waals surface area contributed by atoms with Crippen molar-refractivity contribution in [3.63, 3.8) is 0 Å². The number of hydrogen-bond acceptors (Lipinski definition) is 6. The van der Waals surface area contributed by atoms with Gasteiger partial charge in [0, 0.05) is 6.42 Å². The average molecular weight is 393 g/mol. The first-order valence-electron chi connectivity index (χ1n) is 8.46. The maximum atomic E-state index is 13.3. The number of aryl methyl sites for hydroxylation is 1. The molecule has 2 rings (SSSR count). The van der Waals surface area contributed by atoms with Crippen molar-refractivity contribution in [1.82, 2.24) is 4.90 Å². The van der Waals surface area contributed by atoms with Gasteiger partial charge in [0.2, 0.25) is 5.91 Å². The highest BCUT2D eigenvalue weighted by Crippen LogP contribution is 2.34. The number of methoxy groups -OCH3 is 1. The third kappa shape index (κ3) is 3.53. The smallest absolute Gasteiger partial charge is 0.329 e. The largest absolute Gasteiger partial charge is 0.467 e. The van der Waals surface area contributed by atoms with Crippen molar-refractivity contribution in [2.24, 2.45) is 0 Å². The predicted molar refractivity (Wildman–Crippen MR) is 98.5 cm³/mol. The number of nitrogens with zero attached hydrogens (tertiary/aromatic N) is 1. The molecule has 1 heterocycles. The summed E-state index contributed by atoms with van der Waals surface area (Å²) in [4.78, 5) is 38.2. The van der Waals surface area contributed by atoms with E-state index in [0.29, 0.717) is 0 Å². The quantitative estimate of drug-likeness (QED) is 0.540. The maximum absolute atomic E-state index is 13.3. The number of sulfone groups is 1. The van der Waals surface area contributed by atoms with Gasteiger partial charge in [0.05, 0.1) is 12.0 Å². The van der Waals surface area contributed by atoms with E-state index in [9.17, 15) is 22.8 Å². The molecule has 1 aromatic rings. The topological polar surface area (TPSA) is 97.8 Å². The molecule has 1 aromatic carbocycles. The van der Waals surface area contributed by atoms with E-state index < -0.39 is 38.4 Å². The number of ether oxygens (including phenoxy) is 1. The Morgan fingerprint density at radius 1 is 1.33 bits per heavy atom. The number of allylic oxidation sites excluding steroid dienone is 1. The Kier molecular flexibility index (Phi) is 5.89. The fraction of sp³-hybridized carbons (Fsp3) is 0.421. The van der Waals surface area contributed by atoms with Crippen molar-refractivity contribution >= 4 is 27.6 Å². The van der Waals surface area contributed by atoms with E-state index in [2.05, 4.69) is 11.3 Å². The standard InChI is InChI=1S/C19H23NO6S/c1-5-12-19(3,27(24,25)14-8-6-13(2)7-9-14)18(23)20-15(17(22)26-4)10-11-16(20)21/h5-9,15H,1,10-12H2,2-4H3/t15?,19-/m1/s1. The van der Waals surface area contributed by atoms with Crippen molar-refractivity contribution in [1.29, 1.82) is 0 Å². The number of hydrogen-bond donors (Lipinski definition) is 0. The maximum Gasteiger partial charge on any atom is 0.329 e. The van der Waals surface area contributed by atoms with Gasteiger partial charge >= 0.3 is 5.97 Å². The summed E-state index contributed by atoms with van der Waals surface area (Å²) in [6.07, 6.45) is 1.18. The Bertz CT molecular complexity index is 874. The minimum atomic E-state index is -4.16. The third-order valence-electron chi connectivity index (χ3n) is 4.81. The van der Waals surface area contributed by atoms with Crippen LogP contribution in [0.1, 0.15) is 31.7 Å². The molecule has 146 valence electrons. The molecule has 0 bridgehead atoms. The van der Waals surface area contributed by atoms with Crippen LogP contribution in [0.2, 0.25) is 0 Å². The highest BCUT2D eigenvalue weighted by Gasteiger charge is 2.53. The molecule has 0 spiro atoms. The van der Waals surface area contributed by atoms with Crippen molar-refractivity contribution in [2.75, 3.05) is 7.11 Å². The third-order valence-corrected chi connectivity index (χ3v) is 7.24. The molecule has 1 saturated heterocycles. The van der Waals surface area contributed by atoms with Crippen LogP contribution in [0.3, 0.4) is 0 Å². The molecule has 7 nitrogen and oxygen atoms in total. The summed E-state index contributed by atoms with van der Waals surface area (Å²) < 4.78 is 29.3. The van der Waals surface area contributed by atoms with Gasteiger partial charge in [-0.2, -0.15) is 0 Å². The van der Waals surface area contributed by atoms with E-state index in [1.807, 2.05) is 6.92 Å².